The topological polar surface area (TPSA) is 93.4 Å². The van der Waals surface area contributed by atoms with Crippen molar-refractivity contribution < 1.29 is 22.7 Å². The van der Waals surface area contributed by atoms with E-state index in [1.807, 2.05) is 6.92 Å². The van der Waals surface area contributed by atoms with Crippen LogP contribution in [0.3, 0.4) is 0 Å². The van der Waals surface area contributed by atoms with Crippen LogP contribution >= 0.6 is 0 Å². The number of nitrogens with two attached hydrogens (primary N) is 1. The van der Waals surface area contributed by atoms with Gasteiger partial charge in [-0.3, -0.25) is 4.79 Å². The monoisotopic (exact) mass is 511 g/mol. The molecule has 2 aromatic carbocycles. The Labute approximate surface area is 212 Å². The van der Waals surface area contributed by atoms with E-state index in [0.29, 0.717) is 22.5 Å². The maximum atomic E-state index is 13.2. The molecule has 0 unspecified atom stereocenters. The molecule has 1 spiro atoms. The number of ether oxygens (including phenoxy) is 1. The smallest absolute Gasteiger partial charge is 0.381 e. The summed E-state index contributed by atoms with van der Waals surface area (Å²) in [5.74, 6) is 0.384. The van der Waals surface area contributed by atoms with Gasteiger partial charge in [0.05, 0.1) is 18.2 Å². The SMILES string of the molecule is C[C@@H](NC(=O)c1cc(N2CC3(CCOC3)C2)ncn1)c1ccc(-c2cc(C(F)(F)F)ccc2CN)cc1. The van der Waals surface area contributed by atoms with Crippen LogP contribution in [0.5, 0.6) is 0 Å². The quantitative estimate of drug-likeness (QED) is 0.512. The van der Waals surface area contributed by atoms with E-state index in [4.69, 9.17) is 10.5 Å². The van der Waals surface area contributed by atoms with E-state index in [1.165, 1.54) is 12.4 Å². The molecule has 5 rings (SSSR count). The fraction of sp³-hybridized carbons (Fsp3) is 0.370. The van der Waals surface area contributed by atoms with E-state index >= 15 is 0 Å². The second kappa shape index (κ2) is 9.75. The molecule has 1 amide bonds. The van der Waals surface area contributed by atoms with Crippen LogP contribution in [0.2, 0.25) is 0 Å². The molecule has 3 aromatic rings. The molecule has 3 N–H and O–H groups in total. The van der Waals surface area contributed by atoms with E-state index in [2.05, 4.69) is 20.2 Å². The summed E-state index contributed by atoms with van der Waals surface area (Å²) in [4.78, 5) is 23.5. The van der Waals surface area contributed by atoms with Crippen molar-refractivity contribution in [1.29, 1.82) is 0 Å². The molecule has 2 aliphatic heterocycles. The number of halogens is 3. The van der Waals surface area contributed by atoms with Gasteiger partial charge in [0.15, 0.2) is 0 Å². The number of aromatic nitrogens is 2. The Balaban J connectivity index is 1.26. The van der Waals surface area contributed by atoms with Crippen molar-refractivity contribution >= 4 is 11.7 Å². The van der Waals surface area contributed by atoms with Gasteiger partial charge in [0.1, 0.15) is 17.8 Å². The number of hydrogen-bond acceptors (Lipinski definition) is 6. The molecule has 1 atom stereocenters. The van der Waals surface area contributed by atoms with Crippen molar-refractivity contribution in [3.63, 3.8) is 0 Å². The molecule has 2 saturated heterocycles. The molecule has 7 nitrogen and oxygen atoms in total. The van der Waals surface area contributed by atoms with Crippen molar-refractivity contribution in [1.82, 2.24) is 15.3 Å². The Hall–Kier alpha value is -3.50. The summed E-state index contributed by atoms with van der Waals surface area (Å²) in [6, 6.07) is 12.0. The number of benzene rings is 2. The Kier molecular flexibility index (Phi) is 6.63. The molecular weight excluding hydrogens is 483 g/mol. The molecule has 3 heterocycles. The molecular formula is C27H28F3N5O2. The normalized spacial score (nSPS) is 17.5. The molecule has 2 fully saturated rings. The van der Waals surface area contributed by atoms with Gasteiger partial charge in [0, 0.05) is 37.7 Å². The summed E-state index contributed by atoms with van der Waals surface area (Å²) < 4.78 is 45.2. The summed E-state index contributed by atoms with van der Waals surface area (Å²) in [6.45, 7) is 5.22. The highest BCUT2D eigenvalue weighted by Crippen LogP contribution is 2.40. The summed E-state index contributed by atoms with van der Waals surface area (Å²) in [7, 11) is 0. The van der Waals surface area contributed by atoms with Crippen molar-refractivity contribution in [3.05, 3.63) is 77.2 Å². The number of carbonyl (C=O) groups excluding carboxylic acids is 1. The van der Waals surface area contributed by atoms with Gasteiger partial charge in [-0.15, -0.1) is 0 Å². The summed E-state index contributed by atoms with van der Waals surface area (Å²) in [5, 5.41) is 2.94. The lowest BCUT2D eigenvalue weighted by Gasteiger charge is -2.47. The lowest BCUT2D eigenvalue weighted by atomic mass is 9.79. The van der Waals surface area contributed by atoms with Crippen molar-refractivity contribution in [2.24, 2.45) is 11.1 Å². The number of hydrogen-bond donors (Lipinski definition) is 2. The van der Waals surface area contributed by atoms with Crippen LogP contribution in [-0.4, -0.2) is 42.2 Å². The van der Waals surface area contributed by atoms with Crippen molar-refractivity contribution in [2.75, 3.05) is 31.2 Å². The molecule has 1 aromatic heterocycles. The molecule has 0 aliphatic carbocycles. The van der Waals surface area contributed by atoms with Gasteiger partial charge < -0.3 is 20.7 Å². The zero-order chi connectivity index (χ0) is 26.2. The lowest BCUT2D eigenvalue weighted by Crippen LogP contribution is -2.57. The first kappa shape index (κ1) is 25.2. The van der Waals surface area contributed by atoms with Crippen LogP contribution < -0.4 is 16.0 Å². The van der Waals surface area contributed by atoms with Crippen LogP contribution in [0, 0.1) is 5.41 Å². The van der Waals surface area contributed by atoms with E-state index in [9.17, 15) is 18.0 Å². The number of carbonyl (C=O) groups is 1. The van der Waals surface area contributed by atoms with Crippen molar-refractivity contribution in [3.8, 4) is 11.1 Å². The maximum Gasteiger partial charge on any atom is 0.416 e. The molecule has 0 radical (unpaired) electrons. The largest absolute Gasteiger partial charge is 0.416 e. The molecule has 194 valence electrons. The summed E-state index contributed by atoms with van der Waals surface area (Å²) in [6.07, 6.45) is -2.01. The number of amides is 1. The van der Waals surface area contributed by atoms with E-state index < -0.39 is 11.7 Å². The predicted molar refractivity (Wildman–Crippen MR) is 133 cm³/mol. The fourth-order valence-corrected chi connectivity index (χ4v) is 4.97. The standard InChI is InChI=1S/C27H28F3N5O2/c1-17(18-2-4-19(5-3-18)22-10-21(27(28,29)30)7-6-20(22)12-31)34-25(36)23-11-24(33-16-32-23)35-13-26(14-35)8-9-37-15-26/h2-7,10-11,16-17H,8-9,12-15,31H2,1H3,(H,34,36)/t17-/m1/s1. The molecule has 10 heteroatoms. The Morgan fingerprint density at radius 3 is 2.57 bits per heavy atom. The lowest BCUT2D eigenvalue weighted by molar-refractivity contribution is -0.137. The zero-order valence-electron chi connectivity index (χ0n) is 20.4. The van der Waals surface area contributed by atoms with E-state index in [0.717, 1.165) is 50.4 Å². The Morgan fingerprint density at radius 2 is 1.92 bits per heavy atom. The fourth-order valence-electron chi connectivity index (χ4n) is 4.97. The maximum absolute atomic E-state index is 13.2. The molecule has 37 heavy (non-hydrogen) atoms. The number of anilines is 1. The molecule has 2 aliphatic rings. The highest BCUT2D eigenvalue weighted by atomic mass is 19.4. The third-order valence-electron chi connectivity index (χ3n) is 7.17. The minimum absolute atomic E-state index is 0.120. The van der Waals surface area contributed by atoms with E-state index in [1.54, 1.807) is 30.3 Å². The van der Waals surface area contributed by atoms with Gasteiger partial charge in [0.25, 0.3) is 5.91 Å². The Morgan fingerprint density at radius 1 is 1.16 bits per heavy atom. The molecule has 0 bridgehead atoms. The van der Waals surface area contributed by atoms with Gasteiger partial charge in [-0.05, 0) is 47.7 Å². The first-order valence-electron chi connectivity index (χ1n) is 12.1. The minimum Gasteiger partial charge on any atom is -0.381 e. The second-order valence-electron chi connectivity index (χ2n) is 9.81. The van der Waals surface area contributed by atoms with Gasteiger partial charge in [0.2, 0.25) is 0 Å². The van der Waals surface area contributed by atoms with Gasteiger partial charge in [-0.2, -0.15) is 13.2 Å². The number of nitrogens with one attached hydrogen (secondary N) is 1. The van der Waals surface area contributed by atoms with Gasteiger partial charge in [-0.25, -0.2) is 9.97 Å². The minimum atomic E-state index is -4.44. The van der Waals surface area contributed by atoms with Crippen LogP contribution in [0.15, 0.2) is 54.9 Å². The second-order valence-corrected chi connectivity index (χ2v) is 9.81. The number of alkyl halides is 3. The number of rotatable bonds is 6. The van der Waals surface area contributed by atoms with Crippen LogP contribution in [0.25, 0.3) is 11.1 Å². The third-order valence-corrected chi connectivity index (χ3v) is 7.17. The van der Waals surface area contributed by atoms with Gasteiger partial charge in [-0.1, -0.05) is 30.3 Å². The van der Waals surface area contributed by atoms with Crippen LogP contribution in [-0.2, 0) is 17.5 Å². The predicted octanol–water partition coefficient (Wildman–Crippen LogP) is 4.34. The molecule has 0 saturated carbocycles. The third kappa shape index (κ3) is 5.17. The zero-order valence-corrected chi connectivity index (χ0v) is 20.4. The van der Waals surface area contributed by atoms with Crippen molar-refractivity contribution in [2.45, 2.75) is 32.1 Å². The first-order chi connectivity index (χ1) is 17.7. The van der Waals surface area contributed by atoms with E-state index in [-0.39, 0.29) is 29.6 Å². The average molecular weight is 512 g/mol. The highest BCUT2D eigenvalue weighted by molar-refractivity contribution is 5.93. The highest BCUT2D eigenvalue weighted by Gasteiger charge is 2.46. The number of nitrogens with zero attached hydrogens (tertiary/aromatic N) is 3. The Bertz CT molecular complexity index is 1280. The van der Waals surface area contributed by atoms with Gasteiger partial charge >= 0.3 is 6.18 Å². The summed E-state index contributed by atoms with van der Waals surface area (Å²) >= 11 is 0. The van der Waals surface area contributed by atoms with Crippen LogP contribution in [0.4, 0.5) is 19.0 Å². The van der Waals surface area contributed by atoms with Crippen LogP contribution in [0.1, 0.15) is 46.6 Å². The summed E-state index contributed by atoms with van der Waals surface area (Å²) in [5.41, 5.74) is 7.99. The average Bonchev–Trinajstić information content (AvgIpc) is 3.38. The first-order valence-corrected chi connectivity index (χ1v) is 12.1.